The number of anilines is 1. The van der Waals surface area contributed by atoms with Crippen LogP contribution in [0.15, 0.2) is 18.3 Å². The molecule has 0 aliphatic carbocycles. The van der Waals surface area contributed by atoms with E-state index in [1.165, 1.54) is 18.3 Å². The molecule has 0 fully saturated rings. The number of nitrogens with one attached hydrogen (secondary N) is 2. The predicted octanol–water partition coefficient (Wildman–Crippen LogP) is 1.33. The van der Waals surface area contributed by atoms with E-state index in [4.69, 9.17) is 9.84 Å². The van der Waals surface area contributed by atoms with E-state index in [0.717, 1.165) is 12.8 Å². The fourth-order valence-electron chi connectivity index (χ4n) is 1.34. The van der Waals surface area contributed by atoms with Crippen LogP contribution in [0, 0.1) is 0 Å². The minimum atomic E-state index is -1.10. The summed E-state index contributed by atoms with van der Waals surface area (Å²) in [7, 11) is 1.63. The number of pyridine rings is 1. The molecule has 1 aromatic rings. The van der Waals surface area contributed by atoms with E-state index >= 15 is 0 Å². The Morgan fingerprint density at radius 1 is 1.37 bits per heavy atom. The highest BCUT2D eigenvalue weighted by atomic mass is 16.5. The summed E-state index contributed by atoms with van der Waals surface area (Å²) < 4.78 is 4.89. The first-order valence-corrected chi connectivity index (χ1v) is 5.86. The summed E-state index contributed by atoms with van der Waals surface area (Å²) in [6.07, 6.45) is 3.01. The summed E-state index contributed by atoms with van der Waals surface area (Å²) in [5.41, 5.74) is 0.380. The molecular formula is C12H17N3O4. The van der Waals surface area contributed by atoms with Crippen molar-refractivity contribution in [2.45, 2.75) is 12.8 Å². The molecule has 7 heteroatoms. The molecule has 0 unspecified atom stereocenters. The van der Waals surface area contributed by atoms with Crippen molar-refractivity contribution in [3.8, 4) is 0 Å². The van der Waals surface area contributed by atoms with Crippen molar-refractivity contribution in [3.63, 3.8) is 0 Å². The molecule has 0 aliphatic rings. The number of nitrogens with zero attached hydrogens (tertiary/aromatic N) is 1. The highest BCUT2D eigenvalue weighted by Gasteiger charge is 2.05. The van der Waals surface area contributed by atoms with Crippen LogP contribution < -0.4 is 10.6 Å². The zero-order chi connectivity index (χ0) is 14.1. The number of hydrogen-bond acceptors (Lipinski definition) is 4. The Balaban J connectivity index is 2.30. The molecule has 0 bridgehead atoms. The molecule has 1 heterocycles. The van der Waals surface area contributed by atoms with Gasteiger partial charge in [0.2, 0.25) is 0 Å². The van der Waals surface area contributed by atoms with Gasteiger partial charge in [-0.05, 0) is 25.0 Å². The van der Waals surface area contributed by atoms with Gasteiger partial charge in [-0.25, -0.2) is 14.6 Å². The lowest BCUT2D eigenvalue weighted by Crippen LogP contribution is -2.29. The van der Waals surface area contributed by atoms with E-state index in [9.17, 15) is 9.59 Å². The van der Waals surface area contributed by atoms with Gasteiger partial charge in [0.1, 0.15) is 5.69 Å². The summed E-state index contributed by atoms with van der Waals surface area (Å²) in [5, 5.41) is 13.9. The van der Waals surface area contributed by atoms with Crippen molar-refractivity contribution in [1.82, 2.24) is 10.3 Å². The second-order valence-corrected chi connectivity index (χ2v) is 3.82. The van der Waals surface area contributed by atoms with Gasteiger partial charge < -0.3 is 20.5 Å². The standard InChI is InChI=1S/C12H17N3O4/c1-19-7-3-2-6-13-12(18)15-9-4-5-10(11(16)17)14-8-9/h4-5,8H,2-3,6-7H2,1H3,(H,16,17)(H2,13,15,18). The average Bonchev–Trinajstić information content (AvgIpc) is 2.39. The minimum absolute atomic E-state index is 0.0643. The average molecular weight is 267 g/mol. The summed E-state index contributed by atoms with van der Waals surface area (Å²) in [4.78, 5) is 25.7. The summed E-state index contributed by atoms with van der Waals surface area (Å²) in [6, 6.07) is 2.47. The lowest BCUT2D eigenvalue weighted by molar-refractivity contribution is 0.0690. The Morgan fingerprint density at radius 3 is 2.74 bits per heavy atom. The number of carboxylic acids is 1. The zero-order valence-electron chi connectivity index (χ0n) is 10.7. The Kier molecular flexibility index (Phi) is 6.31. The highest BCUT2D eigenvalue weighted by molar-refractivity contribution is 5.90. The molecule has 3 N–H and O–H groups in total. The number of carbonyl (C=O) groups is 2. The maximum absolute atomic E-state index is 11.5. The van der Waals surface area contributed by atoms with Crippen molar-refractivity contribution < 1.29 is 19.4 Å². The van der Waals surface area contributed by atoms with Gasteiger partial charge in [-0.1, -0.05) is 0 Å². The Bertz CT molecular complexity index is 419. The van der Waals surface area contributed by atoms with Crippen LogP contribution in [-0.2, 0) is 4.74 Å². The van der Waals surface area contributed by atoms with E-state index in [2.05, 4.69) is 15.6 Å². The SMILES string of the molecule is COCCCCNC(=O)Nc1ccc(C(=O)O)nc1. The molecule has 19 heavy (non-hydrogen) atoms. The first-order chi connectivity index (χ1) is 9.13. The number of methoxy groups -OCH3 is 1. The maximum atomic E-state index is 11.5. The molecule has 0 radical (unpaired) electrons. The van der Waals surface area contributed by atoms with Crippen LogP contribution in [0.1, 0.15) is 23.3 Å². The van der Waals surface area contributed by atoms with E-state index in [0.29, 0.717) is 18.8 Å². The number of urea groups is 1. The smallest absolute Gasteiger partial charge is 0.354 e. The van der Waals surface area contributed by atoms with Gasteiger partial charge in [-0.3, -0.25) is 0 Å². The van der Waals surface area contributed by atoms with Crippen LogP contribution in [0.25, 0.3) is 0 Å². The van der Waals surface area contributed by atoms with Gasteiger partial charge in [0, 0.05) is 20.3 Å². The third-order valence-electron chi connectivity index (χ3n) is 2.30. The second kappa shape index (κ2) is 8.04. The first-order valence-electron chi connectivity index (χ1n) is 5.86. The number of carboxylic acid groups (broad SMARTS) is 1. The van der Waals surface area contributed by atoms with Crippen LogP contribution in [0.4, 0.5) is 10.5 Å². The molecular weight excluding hydrogens is 250 g/mol. The van der Waals surface area contributed by atoms with Gasteiger partial charge in [0.15, 0.2) is 0 Å². The molecule has 0 spiro atoms. The van der Waals surface area contributed by atoms with Gasteiger partial charge >= 0.3 is 12.0 Å². The van der Waals surface area contributed by atoms with E-state index in [1.807, 2.05) is 0 Å². The number of aromatic nitrogens is 1. The fourth-order valence-corrected chi connectivity index (χ4v) is 1.34. The Hall–Kier alpha value is -2.15. The molecule has 2 amide bonds. The largest absolute Gasteiger partial charge is 0.477 e. The van der Waals surface area contributed by atoms with Crippen LogP contribution in [-0.4, -0.2) is 42.4 Å². The summed E-state index contributed by atoms with van der Waals surface area (Å²) in [5.74, 6) is -1.10. The lowest BCUT2D eigenvalue weighted by atomic mass is 10.3. The van der Waals surface area contributed by atoms with Gasteiger partial charge in [0.25, 0.3) is 0 Å². The molecule has 0 saturated heterocycles. The molecule has 1 rings (SSSR count). The van der Waals surface area contributed by atoms with Crippen LogP contribution in [0.3, 0.4) is 0 Å². The number of hydrogen-bond donors (Lipinski definition) is 3. The van der Waals surface area contributed by atoms with E-state index in [-0.39, 0.29) is 11.7 Å². The van der Waals surface area contributed by atoms with Crippen molar-refractivity contribution in [2.24, 2.45) is 0 Å². The van der Waals surface area contributed by atoms with Gasteiger partial charge in [-0.2, -0.15) is 0 Å². The van der Waals surface area contributed by atoms with Crippen molar-refractivity contribution >= 4 is 17.7 Å². The van der Waals surface area contributed by atoms with Crippen LogP contribution in [0.5, 0.6) is 0 Å². The maximum Gasteiger partial charge on any atom is 0.354 e. The number of ether oxygens (including phenoxy) is 1. The highest BCUT2D eigenvalue weighted by Crippen LogP contribution is 2.05. The minimum Gasteiger partial charge on any atom is -0.477 e. The zero-order valence-corrected chi connectivity index (χ0v) is 10.7. The third-order valence-corrected chi connectivity index (χ3v) is 2.30. The van der Waals surface area contributed by atoms with E-state index in [1.54, 1.807) is 7.11 Å². The van der Waals surface area contributed by atoms with Crippen molar-refractivity contribution in [2.75, 3.05) is 25.6 Å². The van der Waals surface area contributed by atoms with Crippen molar-refractivity contribution in [1.29, 1.82) is 0 Å². The molecule has 0 aromatic carbocycles. The Labute approximate surface area is 111 Å². The number of aromatic carboxylic acids is 1. The van der Waals surface area contributed by atoms with Crippen LogP contribution >= 0.6 is 0 Å². The lowest BCUT2D eigenvalue weighted by Gasteiger charge is -2.07. The first kappa shape index (κ1) is 14.9. The molecule has 0 atom stereocenters. The topological polar surface area (TPSA) is 101 Å². The van der Waals surface area contributed by atoms with Crippen molar-refractivity contribution in [3.05, 3.63) is 24.0 Å². The van der Waals surface area contributed by atoms with Gasteiger partial charge in [-0.15, -0.1) is 0 Å². The predicted molar refractivity (Wildman–Crippen MR) is 69.3 cm³/mol. The van der Waals surface area contributed by atoms with Gasteiger partial charge in [0.05, 0.1) is 11.9 Å². The fraction of sp³-hybridized carbons (Fsp3) is 0.417. The monoisotopic (exact) mass is 267 g/mol. The third kappa shape index (κ3) is 5.82. The molecule has 7 nitrogen and oxygen atoms in total. The molecule has 104 valence electrons. The molecule has 1 aromatic heterocycles. The summed E-state index contributed by atoms with van der Waals surface area (Å²) >= 11 is 0. The summed E-state index contributed by atoms with van der Waals surface area (Å²) in [6.45, 7) is 1.22. The second-order valence-electron chi connectivity index (χ2n) is 3.82. The number of carbonyl (C=O) groups excluding carboxylic acids is 1. The Morgan fingerprint density at radius 2 is 2.16 bits per heavy atom. The number of unbranched alkanes of at least 4 members (excludes halogenated alkanes) is 1. The van der Waals surface area contributed by atoms with E-state index < -0.39 is 5.97 Å². The molecule has 0 aliphatic heterocycles. The van der Waals surface area contributed by atoms with Crippen LogP contribution in [0.2, 0.25) is 0 Å². The normalized spacial score (nSPS) is 9.95. The number of amides is 2. The molecule has 0 saturated carbocycles. The quantitative estimate of drug-likeness (QED) is 0.647. The number of rotatable bonds is 7.